The van der Waals surface area contributed by atoms with Gasteiger partial charge in [0.25, 0.3) is 5.76 Å². The van der Waals surface area contributed by atoms with Crippen molar-refractivity contribution in [3.63, 3.8) is 0 Å². The molecule has 3 aliphatic carbocycles. The minimum Gasteiger partial charge on any atom is -0.331 e. The third-order valence-electron chi connectivity index (χ3n) is 5.23. The van der Waals surface area contributed by atoms with Crippen molar-refractivity contribution in [2.45, 2.75) is 37.3 Å². The Kier molecular flexibility index (Phi) is 5.43. The van der Waals surface area contributed by atoms with Crippen molar-refractivity contribution in [1.82, 2.24) is 5.43 Å². The van der Waals surface area contributed by atoms with Crippen LogP contribution in [0.2, 0.25) is 0 Å². The number of benzene rings is 1. The molecule has 25 heavy (non-hydrogen) atoms. The van der Waals surface area contributed by atoms with Gasteiger partial charge in [0.15, 0.2) is 5.11 Å². The lowest BCUT2D eigenvalue weighted by Crippen LogP contribution is -2.48. The van der Waals surface area contributed by atoms with E-state index in [1.807, 2.05) is 6.21 Å². The summed E-state index contributed by atoms with van der Waals surface area (Å²) in [7, 11) is 0. The van der Waals surface area contributed by atoms with Crippen molar-refractivity contribution in [2.24, 2.45) is 22.4 Å². The molecule has 1 aromatic rings. The highest BCUT2D eigenvalue weighted by Crippen LogP contribution is 2.58. The lowest BCUT2D eigenvalue weighted by molar-refractivity contribution is -0.00126. The number of alkyl halides is 2. The average Bonchev–Trinajstić information content (AvgIpc) is 2.56. The van der Waals surface area contributed by atoms with Crippen LogP contribution in [0.1, 0.15) is 26.7 Å². The molecular weight excluding hydrogens is 360 g/mol. The zero-order valence-electron chi connectivity index (χ0n) is 14.1. The van der Waals surface area contributed by atoms with Crippen molar-refractivity contribution in [3.8, 4) is 0 Å². The van der Waals surface area contributed by atoms with E-state index >= 15 is 0 Å². The molecule has 3 aliphatic rings. The van der Waals surface area contributed by atoms with E-state index in [0.717, 1.165) is 18.0 Å². The third-order valence-corrected chi connectivity index (χ3v) is 6.14. The number of nitrogens with one attached hydrogen (secondary N) is 2. The van der Waals surface area contributed by atoms with Crippen molar-refractivity contribution in [1.29, 1.82) is 0 Å². The molecule has 0 unspecified atom stereocenters. The van der Waals surface area contributed by atoms with Crippen LogP contribution in [0.15, 0.2) is 45.9 Å². The van der Waals surface area contributed by atoms with E-state index in [1.165, 1.54) is 12.0 Å². The summed E-state index contributed by atoms with van der Waals surface area (Å²) in [5.41, 5.74) is 5.18. The van der Waals surface area contributed by atoms with Crippen LogP contribution < -0.4 is 10.7 Å². The Bertz CT molecular complexity index is 699. The van der Waals surface area contributed by atoms with Gasteiger partial charge in [-0.1, -0.05) is 31.7 Å². The van der Waals surface area contributed by atoms with Gasteiger partial charge in [0.05, 0.1) is 6.21 Å². The number of nitrogens with zero attached hydrogens (tertiary/aromatic N) is 1. The summed E-state index contributed by atoms with van der Waals surface area (Å²) in [4.78, 5) is 0.517. The Balaban J connectivity index is 1.49. The Morgan fingerprint density at radius 2 is 2.08 bits per heavy atom. The molecule has 3 nitrogen and oxygen atoms in total. The van der Waals surface area contributed by atoms with E-state index in [0.29, 0.717) is 33.1 Å². The van der Waals surface area contributed by atoms with E-state index in [2.05, 4.69) is 35.8 Å². The van der Waals surface area contributed by atoms with E-state index in [9.17, 15) is 8.78 Å². The van der Waals surface area contributed by atoms with Crippen LogP contribution in [-0.2, 0) is 0 Å². The lowest BCUT2D eigenvalue weighted by Gasteiger charge is -2.55. The first-order chi connectivity index (χ1) is 11.9. The molecule has 0 spiro atoms. The number of hydrazone groups is 1. The Morgan fingerprint density at radius 1 is 1.36 bits per heavy atom. The van der Waals surface area contributed by atoms with Gasteiger partial charge in [-0.2, -0.15) is 13.9 Å². The topological polar surface area (TPSA) is 36.4 Å². The first kappa shape index (κ1) is 18.3. The van der Waals surface area contributed by atoms with Crippen LogP contribution in [0, 0.1) is 17.3 Å². The first-order valence-corrected chi connectivity index (χ1v) is 9.50. The van der Waals surface area contributed by atoms with E-state index in [-0.39, 0.29) is 0 Å². The predicted molar refractivity (Wildman–Crippen MR) is 104 cm³/mol. The molecule has 1 aromatic carbocycles. The maximum absolute atomic E-state index is 12.3. The van der Waals surface area contributed by atoms with Crippen LogP contribution >= 0.6 is 24.0 Å². The van der Waals surface area contributed by atoms with E-state index < -0.39 is 5.76 Å². The molecule has 2 atom stereocenters. The summed E-state index contributed by atoms with van der Waals surface area (Å²) in [6.07, 6.45) is 6.50. The molecule has 4 rings (SSSR count). The molecule has 0 radical (unpaired) electrons. The van der Waals surface area contributed by atoms with Gasteiger partial charge in [0, 0.05) is 10.6 Å². The number of thioether (sulfide) groups is 1. The van der Waals surface area contributed by atoms with Crippen LogP contribution in [-0.4, -0.2) is 17.1 Å². The summed E-state index contributed by atoms with van der Waals surface area (Å²) >= 11 is 5.73. The number of halogens is 2. The SMILES string of the molecule is CC1(C)[C@@H]2CC=C(/C=N\NC(=S)Nc3ccc(SC(F)F)cc3)[C@@H]1C2. The summed E-state index contributed by atoms with van der Waals surface area (Å²) in [5.74, 6) is -1.03. The number of rotatable bonds is 5. The molecule has 2 N–H and O–H groups in total. The predicted octanol–water partition coefficient (Wildman–Crippen LogP) is 5.27. The molecular formula is C18H21F2N3S2. The maximum atomic E-state index is 12.3. The zero-order chi connectivity index (χ0) is 18.0. The molecule has 2 bridgehead atoms. The summed E-state index contributed by atoms with van der Waals surface area (Å²) in [6, 6.07) is 6.69. The van der Waals surface area contributed by atoms with Gasteiger partial charge in [-0.25, -0.2) is 0 Å². The second kappa shape index (κ2) is 7.41. The van der Waals surface area contributed by atoms with Gasteiger partial charge in [-0.3, -0.25) is 5.43 Å². The number of allylic oxidation sites excluding steroid dienone is 2. The Labute approximate surface area is 156 Å². The van der Waals surface area contributed by atoms with Crippen LogP contribution in [0.5, 0.6) is 0 Å². The zero-order valence-corrected chi connectivity index (χ0v) is 15.8. The standard InChI is InChI=1S/C18H21F2N3S2/c1-18(2)12-4-3-11(15(18)9-12)10-21-23-17(24)22-13-5-7-14(8-6-13)25-16(19)20/h3,5-8,10,12,15-16H,4,9H2,1-2H3,(H2,22,23,24)/b21-10-/t12-,15+/m1/s1. The monoisotopic (exact) mass is 381 g/mol. The molecule has 0 aliphatic heterocycles. The minimum atomic E-state index is -2.42. The fourth-order valence-corrected chi connectivity index (χ4v) is 4.26. The smallest absolute Gasteiger partial charge is 0.288 e. The van der Waals surface area contributed by atoms with E-state index in [4.69, 9.17) is 12.2 Å². The molecule has 0 aromatic heterocycles. The second-order valence-electron chi connectivity index (χ2n) is 6.97. The highest BCUT2D eigenvalue weighted by Gasteiger charge is 2.50. The van der Waals surface area contributed by atoms with Crippen molar-refractivity contribution in [2.75, 3.05) is 5.32 Å². The Morgan fingerprint density at radius 3 is 2.68 bits per heavy atom. The number of hydrogen-bond acceptors (Lipinski definition) is 3. The molecule has 1 fully saturated rings. The van der Waals surface area contributed by atoms with Gasteiger partial charge in [0.1, 0.15) is 0 Å². The quantitative estimate of drug-likeness (QED) is 0.315. The van der Waals surface area contributed by atoms with E-state index in [1.54, 1.807) is 24.3 Å². The first-order valence-electron chi connectivity index (χ1n) is 8.21. The minimum absolute atomic E-state index is 0.368. The van der Waals surface area contributed by atoms with Gasteiger partial charge in [-0.05, 0) is 72.1 Å². The number of thiocarbonyl (C=S) groups is 1. The van der Waals surface area contributed by atoms with Crippen molar-refractivity contribution < 1.29 is 8.78 Å². The lowest BCUT2D eigenvalue weighted by atomic mass is 9.49. The number of hydrogen-bond donors (Lipinski definition) is 2. The average molecular weight is 382 g/mol. The summed E-state index contributed by atoms with van der Waals surface area (Å²) in [6.45, 7) is 4.64. The molecule has 0 saturated heterocycles. The highest BCUT2D eigenvalue weighted by atomic mass is 32.2. The van der Waals surface area contributed by atoms with Crippen molar-refractivity contribution in [3.05, 3.63) is 35.9 Å². The van der Waals surface area contributed by atoms with Crippen molar-refractivity contribution >= 4 is 41.0 Å². The third kappa shape index (κ3) is 4.20. The highest BCUT2D eigenvalue weighted by molar-refractivity contribution is 7.99. The second-order valence-corrected chi connectivity index (χ2v) is 8.45. The molecule has 1 saturated carbocycles. The largest absolute Gasteiger partial charge is 0.331 e. The maximum Gasteiger partial charge on any atom is 0.288 e. The fourth-order valence-electron chi connectivity index (χ4n) is 3.59. The fraction of sp³-hybridized carbons (Fsp3) is 0.444. The van der Waals surface area contributed by atoms with Crippen LogP contribution in [0.3, 0.4) is 0 Å². The molecule has 0 heterocycles. The molecule has 0 amide bonds. The van der Waals surface area contributed by atoms with Gasteiger partial charge in [-0.15, -0.1) is 0 Å². The molecule has 134 valence electrons. The number of anilines is 1. The summed E-state index contributed by atoms with van der Waals surface area (Å²) < 4.78 is 24.6. The summed E-state index contributed by atoms with van der Waals surface area (Å²) in [5, 5.41) is 7.59. The van der Waals surface area contributed by atoms with Gasteiger partial charge in [0.2, 0.25) is 0 Å². The van der Waals surface area contributed by atoms with Crippen LogP contribution in [0.4, 0.5) is 14.5 Å². The number of fused-ring (bicyclic) bond motifs is 1. The van der Waals surface area contributed by atoms with Crippen LogP contribution in [0.25, 0.3) is 0 Å². The normalized spacial score (nSPS) is 24.0. The van der Waals surface area contributed by atoms with Gasteiger partial charge >= 0.3 is 0 Å². The molecule has 7 heteroatoms. The Hall–Kier alpha value is -1.47. The van der Waals surface area contributed by atoms with Gasteiger partial charge < -0.3 is 5.32 Å².